The number of carbonyl (C=O) groups is 1. The molecule has 0 saturated carbocycles. The van der Waals surface area contributed by atoms with Gasteiger partial charge in [0, 0.05) is 6.08 Å². The number of nitrogens with one attached hydrogen (secondary N) is 1. The highest BCUT2D eigenvalue weighted by Gasteiger charge is 2.14. The molecule has 0 saturated heterocycles. The van der Waals surface area contributed by atoms with Crippen molar-refractivity contribution in [3.05, 3.63) is 53.5 Å². The molecule has 2 rings (SSSR count). The van der Waals surface area contributed by atoms with Gasteiger partial charge in [-0.3, -0.25) is 4.79 Å². The van der Waals surface area contributed by atoms with Crippen LogP contribution in [0.5, 0.6) is 5.75 Å². The van der Waals surface area contributed by atoms with Gasteiger partial charge >= 0.3 is 0 Å². The van der Waals surface area contributed by atoms with Gasteiger partial charge in [0.2, 0.25) is 0 Å². The lowest BCUT2D eigenvalue weighted by Crippen LogP contribution is -2.14. The molecule has 26 heavy (non-hydrogen) atoms. The van der Waals surface area contributed by atoms with Crippen LogP contribution in [-0.2, 0) is 10.5 Å². The third kappa shape index (κ3) is 5.63. The fourth-order valence-electron chi connectivity index (χ4n) is 2.03. The lowest BCUT2D eigenvalue weighted by atomic mass is 10.2. The number of anilines is 1. The molecule has 0 fully saturated rings. The Bertz CT molecular complexity index is 828. The van der Waals surface area contributed by atoms with Crippen LogP contribution in [0, 0.1) is 11.3 Å². The molecular formula is C18H16F2N2O3S. The second-order valence-electron chi connectivity index (χ2n) is 4.93. The maximum Gasteiger partial charge on any atom is 0.284 e. The molecule has 5 nitrogen and oxygen atoms in total. The number of carbonyl (C=O) groups excluding carboxylic acids is 1. The minimum atomic E-state index is -2.50. The predicted molar refractivity (Wildman–Crippen MR) is 95.8 cm³/mol. The highest BCUT2D eigenvalue weighted by molar-refractivity contribution is 7.98. The van der Waals surface area contributed by atoms with Crippen LogP contribution in [0.4, 0.5) is 14.5 Å². The van der Waals surface area contributed by atoms with E-state index in [0.29, 0.717) is 35.6 Å². The summed E-state index contributed by atoms with van der Waals surface area (Å²) in [6, 6.07) is 11.7. The van der Waals surface area contributed by atoms with Crippen LogP contribution < -0.4 is 10.1 Å². The summed E-state index contributed by atoms with van der Waals surface area (Å²) in [5.74, 6) is -2.06. The Morgan fingerprint density at radius 3 is 2.85 bits per heavy atom. The van der Waals surface area contributed by atoms with Crippen LogP contribution in [0.3, 0.4) is 0 Å². The van der Waals surface area contributed by atoms with E-state index in [1.165, 1.54) is 18.2 Å². The first-order chi connectivity index (χ1) is 12.5. The van der Waals surface area contributed by atoms with E-state index in [-0.39, 0.29) is 17.1 Å². The molecule has 1 N–H and O–H groups in total. The molecule has 0 aliphatic carbocycles. The number of para-hydroxylation sites is 2. The van der Waals surface area contributed by atoms with Gasteiger partial charge in [-0.15, -0.1) is 0 Å². The molecule has 1 aromatic heterocycles. The first-order valence-electron chi connectivity index (χ1n) is 7.67. The molecule has 2 aromatic rings. The van der Waals surface area contributed by atoms with Gasteiger partial charge < -0.3 is 14.5 Å². The Kier molecular flexibility index (Phi) is 7.24. The molecule has 0 aliphatic rings. The van der Waals surface area contributed by atoms with Gasteiger partial charge in [-0.2, -0.15) is 14.0 Å². The second kappa shape index (κ2) is 9.63. The third-order valence-corrected chi connectivity index (χ3v) is 3.82. The Morgan fingerprint density at radius 1 is 1.38 bits per heavy atom. The van der Waals surface area contributed by atoms with E-state index < -0.39 is 11.7 Å². The van der Waals surface area contributed by atoms with Crippen molar-refractivity contribution in [1.29, 1.82) is 5.26 Å². The third-order valence-electron chi connectivity index (χ3n) is 3.12. The number of furan rings is 1. The van der Waals surface area contributed by atoms with Gasteiger partial charge in [0.05, 0.1) is 18.0 Å². The SMILES string of the molecule is CCOc1ccccc1NC(=O)/C(C#N)=C/c1ccc(CSC(F)F)o1. The molecule has 1 heterocycles. The summed E-state index contributed by atoms with van der Waals surface area (Å²) < 4.78 is 35.2. The Hall–Kier alpha value is -2.79. The summed E-state index contributed by atoms with van der Waals surface area (Å²) in [6.07, 6.45) is 1.26. The second-order valence-corrected chi connectivity index (χ2v) is 5.91. The molecule has 8 heteroatoms. The van der Waals surface area contributed by atoms with Gasteiger partial charge in [-0.25, -0.2) is 0 Å². The summed E-state index contributed by atoms with van der Waals surface area (Å²) in [5.41, 5.74) is 0.257. The quantitative estimate of drug-likeness (QED) is 0.533. The molecule has 1 amide bonds. The minimum absolute atomic E-state index is 0.00131. The molecule has 136 valence electrons. The van der Waals surface area contributed by atoms with Crippen LogP contribution in [0.25, 0.3) is 6.08 Å². The molecule has 0 bridgehead atoms. The van der Waals surface area contributed by atoms with E-state index >= 15 is 0 Å². The average Bonchev–Trinajstić information content (AvgIpc) is 3.07. The first-order valence-corrected chi connectivity index (χ1v) is 8.71. The van der Waals surface area contributed by atoms with Crippen molar-refractivity contribution < 1.29 is 22.7 Å². The summed E-state index contributed by atoms with van der Waals surface area (Å²) in [5, 5.41) is 11.8. The fourth-order valence-corrected chi connectivity index (χ4v) is 2.47. The Morgan fingerprint density at radius 2 is 2.15 bits per heavy atom. The number of amides is 1. The number of hydrogen-bond acceptors (Lipinski definition) is 5. The first kappa shape index (κ1) is 19.5. The number of thioether (sulfide) groups is 1. The van der Waals surface area contributed by atoms with Crippen molar-refractivity contribution in [1.82, 2.24) is 0 Å². The topological polar surface area (TPSA) is 75.3 Å². The van der Waals surface area contributed by atoms with Crippen LogP contribution >= 0.6 is 11.8 Å². The van der Waals surface area contributed by atoms with Crippen molar-refractivity contribution in [3.8, 4) is 11.8 Å². The van der Waals surface area contributed by atoms with Crippen molar-refractivity contribution >= 4 is 29.4 Å². The molecule has 0 radical (unpaired) electrons. The van der Waals surface area contributed by atoms with Crippen molar-refractivity contribution in [3.63, 3.8) is 0 Å². The highest BCUT2D eigenvalue weighted by atomic mass is 32.2. The zero-order valence-corrected chi connectivity index (χ0v) is 14.7. The van der Waals surface area contributed by atoms with E-state index in [9.17, 15) is 18.8 Å². The Balaban J connectivity index is 2.11. The summed E-state index contributed by atoms with van der Waals surface area (Å²) in [7, 11) is 0. The normalized spacial score (nSPS) is 11.3. The van der Waals surface area contributed by atoms with Crippen molar-refractivity contribution in [2.24, 2.45) is 0 Å². The molecule has 0 unspecified atom stereocenters. The maximum atomic E-state index is 12.3. The van der Waals surface area contributed by atoms with Crippen molar-refractivity contribution in [2.45, 2.75) is 18.4 Å². The number of hydrogen-bond donors (Lipinski definition) is 1. The average molecular weight is 378 g/mol. The van der Waals surface area contributed by atoms with Crippen molar-refractivity contribution in [2.75, 3.05) is 11.9 Å². The predicted octanol–water partition coefficient (Wildman–Crippen LogP) is 4.68. The largest absolute Gasteiger partial charge is 0.492 e. The molecule has 0 aliphatic heterocycles. The van der Waals surface area contributed by atoms with Gasteiger partial charge in [-0.1, -0.05) is 23.9 Å². The maximum absolute atomic E-state index is 12.3. The minimum Gasteiger partial charge on any atom is -0.492 e. The molecule has 0 spiro atoms. The smallest absolute Gasteiger partial charge is 0.284 e. The van der Waals surface area contributed by atoms with Crippen LogP contribution in [0.1, 0.15) is 18.4 Å². The van der Waals surface area contributed by atoms with E-state index in [4.69, 9.17) is 9.15 Å². The van der Waals surface area contributed by atoms with Crippen LogP contribution in [0.2, 0.25) is 0 Å². The number of benzene rings is 1. The molecule has 1 aromatic carbocycles. The van der Waals surface area contributed by atoms with E-state index in [0.717, 1.165) is 0 Å². The van der Waals surface area contributed by atoms with E-state index in [1.807, 2.05) is 6.92 Å². The van der Waals surface area contributed by atoms with Gasteiger partial charge in [-0.05, 0) is 31.2 Å². The zero-order chi connectivity index (χ0) is 18.9. The highest BCUT2D eigenvalue weighted by Crippen LogP contribution is 2.25. The lowest BCUT2D eigenvalue weighted by molar-refractivity contribution is -0.112. The molecular weight excluding hydrogens is 362 g/mol. The summed E-state index contributed by atoms with van der Waals surface area (Å²) in [4.78, 5) is 12.3. The number of nitriles is 1. The zero-order valence-electron chi connectivity index (χ0n) is 13.9. The summed E-state index contributed by atoms with van der Waals surface area (Å²) in [6.45, 7) is 2.25. The van der Waals surface area contributed by atoms with Crippen LogP contribution in [0.15, 0.2) is 46.4 Å². The number of rotatable bonds is 8. The number of alkyl halides is 2. The van der Waals surface area contributed by atoms with E-state index in [2.05, 4.69) is 5.32 Å². The van der Waals surface area contributed by atoms with Gasteiger partial charge in [0.15, 0.2) is 0 Å². The molecule has 0 atom stereocenters. The van der Waals surface area contributed by atoms with Gasteiger partial charge in [0.1, 0.15) is 28.9 Å². The number of halogens is 2. The lowest BCUT2D eigenvalue weighted by Gasteiger charge is -2.10. The summed E-state index contributed by atoms with van der Waals surface area (Å²) >= 11 is 0.431. The Labute approximate surface area is 153 Å². The fraction of sp³-hybridized carbons (Fsp3) is 0.222. The van der Waals surface area contributed by atoms with E-state index in [1.54, 1.807) is 30.3 Å². The van der Waals surface area contributed by atoms with Crippen LogP contribution in [-0.4, -0.2) is 18.3 Å². The number of nitrogens with zero attached hydrogens (tertiary/aromatic N) is 1. The van der Waals surface area contributed by atoms with Gasteiger partial charge in [0.25, 0.3) is 11.7 Å². The standard InChI is InChI=1S/C18H16F2N2O3S/c1-2-24-16-6-4-3-5-15(16)22-17(23)12(10-21)9-13-7-8-14(25-13)11-26-18(19)20/h3-9,18H,2,11H2,1H3,(H,22,23)/b12-9+. The number of ether oxygens (including phenoxy) is 1. The monoisotopic (exact) mass is 378 g/mol.